The molecule has 0 aliphatic carbocycles. The van der Waals surface area contributed by atoms with Gasteiger partial charge in [0.05, 0.1) is 24.4 Å². The van der Waals surface area contributed by atoms with E-state index < -0.39 is 17.9 Å². The lowest BCUT2D eigenvalue weighted by atomic mass is 9.73. The number of nitrogens with zero attached hydrogens (tertiary/aromatic N) is 6. The van der Waals surface area contributed by atoms with Crippen molar-refractivity contribution in [3.63, 3.8) is 0 Å². The van der Waals surface area contributed by atoms with E-state index in [0.29, 0.717) is 24.6 Å². The van der Waals surface area contributed by atoms with Crippen molar-refractivity contribution in [2.24, 2.45) is 10.4 Å². The molecule has 2 aliphatic heterocycles. The number of nitriles is 1. The fourth-order valence-corrected chi connectivity index (χ4v) is 6.23. The van der Waals surface area contributed by atoms with Crippen molar-refractivity contribution in [3.8, 4) is 6.07 Å². The minimum atomic E-state index is -1.04. The zero-order valence-electron chi connectivity index (χ0n) is 24.7. The molecule has 2 atom stereocenters. The van der Waals surface area contributed by atoms with E-state index in [9.17, 15) is 19.1 Å². The quantitative estimate of drug-likeness (QED) is 0.232. The van der Waals surface area contributed by atoms with Gasteiger partial charge in [-0.1, -0.05) is 12.1 Å². The number of hydrogen-bond acceptors (Lipinski definition) is 8. The highest BCUT2D eigenvalue weighted by Gasteiger charge is 2.45. The summed E-state index contributed by atoms with van der Waals surface area (Å²) in [6.45, 7) is 7.98. The molecule has 2 saturated heterocycles. The van der Waals surface area contributed by atoms with E-state index in [1.165, 1.54) is 6.07 Å². The lowest BCUT2D eigenvalue weighted by Crippen LogP contribution is -2.62. The van der Waals surface area contributed by atoms with Crippen LogP contribution in [-0.4, -0.2) is 87.2 Å². The number of fused-ring (bicyclic) bond motifs is 1. The molecule has 4 heterocycles. The van der Waals surface area contributed by atoms with Crippen molar-refractivity contribution in [3.05, 3.63) is 65.8 Å². The Hall–Kier alpha value is -3.56. The van der Waals surface area contributed by atoms with Crippen LogP contribution in [-0.2, 0) is 11.3 Å². The van der Waals surface area contributed by atoms with E-state index in [4.69, 9.17) is 9.73 Å². The predicted octanol–water partition coefficient (Wildman–Crippen LogP) is 4.70. The molecule has 5 rings (SSSR count). The molecule has 2 N–H and O–H groups in total. The second-order valence-corrected chi connectivity index (χ2v) is 11.7. The van der Waals surface area contributed by atoms with Gasteiger partial charge in [0.15, 0.2) is 17.9 Å². The maximum absolute atomic E-state index is 13.5. The minimum absolute atomic E-state index is 0.00539. The van der Waals surface area contributed by atoms with Crippen molar-refractivity contribution in [1.82, 2.24) is 24.8 Å². The molecule has 0 saturated carbocycles. The smallest absolute Gasteiger partial charge is 0.170 e. The SMILES string of the molecule is C/C=C(\C=N/CCC1(CC#N)CN(C2CCN(C(C)C(O)OCc3ccc(F)c(F)c3)CC2)C1)c1ncnc2[nH]ccc12. The topological polar surface area (TPSA) is 114 Å². The van der Waals surface area contributed by atoms with Gasteiger partial charge in [-0.2, -0.15) is 5.26 Å². The van der Waals surface area contributed by atoms with Gasteiger partial charge >= 0.3 is 0 Å². The van der Waals surface area contributed by atoms with Crippen LogP contribution in [0.3, 0.4) is 0 Å². The molecule has 1 aromatic carbocycles. The van der Waals surface area contributed by atoms with Crippen LogP contribution >= 0.6 is 0 Å². The fraction of sp³-hybridized carbons (Fsp3) is 0.500. The Labute approximate surface area is 250 Å². The zero-order chi connectivity index (χ0) is 30.4. The Bertz CT molecular complexity index is 1490. The summed E-state index contributed by atoms with van der Waals surface area (Å²) >= 11 is 0. The lowest BCUT2D eigenvalue weighted by molar-refractivity contribution is -0.152. The van der Waals surface area contributed by atoms with Gasteiger partial charge in [0.2, 0.25) is 0 Å². The summed E-state index contributed by atoms with van der Waals surface area (Å²) in [5.74, 6) is -1.83. The number of aliphatic hydroxyl groups excluding tert-OH is 1. The Morgan fingerprint density at radius 2 is 2.05 bits per heavy atom. The molecule has 0 bridgehead atoms. The van der Waals surface area contributed by atoms with Gasteiger partial charge < -0.3 is 14.8 Å². The van der Waals surface area contributed by atoms with E-state index in [2.05, 4.69) is 30.8 Å². The summed E-state index contributed by atoms with van der Waals surface area (Å²) in [6, 6.07) is 8.18. The lowest BCUT2D eigenvalue weighted by Gasteiger charge is -2.54. The molecule has 2 fully saturated rings. The van der Waals surface area contributed by atoms with Crippen LogP contribution in [0.25, 0.3) is 16.6 Å². The van der Waals surface area contributed by atoms with Gasteiger partial charge in [-0.15, -0.1) is 0 Å². The highest BCUT2D eigenvalue weighted by molar-refractivity contribution is 6.13. The van der Waals surface area contributed by atoms with Crippen LogP contribution in [0.2, 0.25) is 0 Å². The second-order valence-electron chi connectivity index (χ2n) is 11.7. The highest BCUT2D eigenvalue weighted by atomic mass is 19.2. The van der Waals surface area contributed by atoms with Crippen molar-refractivity contribution in [2.45, 2.75) is 64.5 Å². The standard InChI is InChI=1S/C32H39F2N7O2/c1-3-24(29-26-6-12-37-30(26)39-21-38-29)17-36-13-10-32(9-11-35)19-41(20-32)25-7-14-40(15-8-25)22(2)31(42)43-18-23-4-5-27(33)28(34)16-23/h3-6,12,16-17,21-22,25,31,42H,7-10,13-15,18-20H2,1-2H3,(H,37,38,39)/b24-3+,36-17-. The summed E-state index contributed by atoms with van der Waals surface area (Å²) in [6.07, 6.45) is 9.55. The summed E-state index contributed by atoms with van der Waals surface area (Å²) in [5, 5.41) is 21.1. The van der Waals surface area contributed by atoms with E-state index in [-0.39, 0.29) is 18.1 Å². The average Bonchev–Trinajstić information content (AvgIpc) is 3.49. The Morgan fingerprint density at radius 3 is 2.77 bits per heavy atom. The van der Waals surface area contributed by atoms with Gasteiger partial charge in [-0.05, 0) is 56.9 Å². The molecule has 228 valence electrons. The zero-order valence-corrected chi connectivity index (χ0v) is 24.7. The number of ether oxygens (including phenoxy) is 1. The number of halogens is 2. The van der Waals surface area contributed by atoms with E-state index in [1.807, 2.05) is 38.4 Å². The van der Waals surface area contributed by atoms with E-state index in [0.717, 1.165) is 79.9 Å². The number of rotatable bonds is 12. The molecule has 11 heteroatoms. The van der Waals surface area contributed by atoms with Gasteiger partial charge in [0.25, 0.3) is 0 Å². The number of benzene rings is 1. The van der Waals surface area contributed by atoms with Gasteiger partial charge in [0.1, 0.15) is 12.0 Å². The molecule has 3 aromatic rings. The number of aromatic nitrogens is 3. The van der Waals surface area contributed by atoms with Gasteiger partial charge in [0, 0.05) is 74.0 Å². The first kappa shape index (κ1) is 30.9. The summed E-state index contributed by atoms with van der Waals surface area (Å²) in [4.78, 5) is 21.2. The van der Waals surface area contributed by atoms with E-state index >= 15 is 0 Å². The van der Waals surface area contributed by atoms with Crippen LogP contribution in [0.15, 0.2) is 47.9 Å². The molecular weight excluding hydrogens is 552 g/mol. The summed E-state index contributed by atoms with van der Waals surface area (Å²) < 4.78 is 32.2. The molecule has 0 radical (unpaired) electrons. The average molecular weight is 592 g/mol. The van der Waals surface area contributed by atoms with Crippen molar-refractivity contribution in [1.29, 1.82) is 5.26 Å². The normalized spacial score (nSPS) is 19.9. The number of aliphatic imine (C=N–C) groups is 1. The van der Waals surface area contributed by atoms with Crippen LogP contribution in [0.1, 0.15) is 50.8 Å². The largest absolute Gasteiger partial charge is 0.367 e. The number of hydrogen-bond donors (Lipinski definition) is 2. The van der Waals surface area contributed by atoms with Crippen LogP contribution in [0.4, 0.5) is 8.78 Å². The first-order valence-corrected chi connectivity index (χ1v) is 14.9. The number of aromatic amines is 1. The minimum Gasteiger partial charge on any atom is -0.367 e. The van der Waals surface area contributed by atoms with Crippen molar-refractivity contribution >= 4 is 22.8 Å². The predicted molar refractivity (Wildman–Crippen MR) is 161 cm³/mol. The summed E-state index contributed by atoms with van der Waals surface area (Å²) in [7, 11) is 0. The number of aliphatic hydroxyl groups is 1. The molecular formula is C32H39F2N7O2. The first-order chi connectivity index (χ1) is 20.8. The summed E-state index contributed by atoms with van der Waals surface area (Å²) in [5.41, 5.74) is 3.02. The van der Waals surface area contributed by atoms with Crippen molar-refractivity contribution < 1.29 is 18.6 Å². The molecule has 0 spiro atoms. The number of likely N-dealkylation sites (tertiary alicyclic amines) is 2. The fourth-order valence-electron chi connectivity index (χ4n) is 6.23. The highest BCUT2D eigenvalue weighted by Crippen LogP contribution is 2.40. The number of H-pyrrole nitrogens is 1. The van der Waals surface area contributed by atoms with Crippen molar-refractivity contribution in [2.75, 3.05) is 32.7 Å². The second kappa shape index (κ2) is 13.8. The third kappa shape index (κ3) is 7.16. The maximum Gasteiger partial charge on any atom is 0.170 e. The number of piperidine rings is 1. The monoisotopic (exact) mass is 591 g/mol. The molecule has 2 aromatic heterocycles. The van der Waals surface area contributed by atoms with E-state index in [1.54, 1.807) is 6.33 Å². The molecule has 2 aliphatic rings. The third-order valence-corrected chi connectivity index (χ3v) is 8.88. The van der Waals surface area contributed by atoms with Gasteiger partial charge in [-0.25, -0.2) is 18.7 Å². The van der Waals surface area contributed by atoms with Crippen LogP contribution in [0, 0.1) is 28.4 Å². The third-order valence-electron chi connectivity index (χ3n) is 8.88. The molecule has 9 nitrogen and oxygen atoms in total. The molecule has 2 unspecified atom stereocenters. The van der Waals surface area contributed by atoms with Crippen LogP contribution < -0.4 is 0 Å². The maximum atomic E-state index is 13.5. The molecule has 43 heavy (non-hydrogen) atoms. The Kier molecular flexibility index (Phi) is 9.93. The first-order valence-electron chi connectivity index (χ1n) is 14.9. The number of allylic oxidation sites excluding steroid dienone is 2. The van der Waals surface area contributed by atoms with Gasteiger partial charge in [-0.3, -0.25) is 14.8 Å². The number of nitrogens with one attached hydrogen (secondary N) is 1. The Balaban J connectivity index is 1.07. The van der Waals surface area contributed by atoms with Crippen LogP contribution in [0.5, 0.6) is 0 Å². The Morgan fingerprint density at radius 1 is 1.26 bits per heavy atom. The molecule has 0 amide bonds.